The van der Waals surface area contributed by atoms with Crippen LogP contribution in [0.2, 0.25) is 5.02 Å². The maximum absolute atomic E-state index is 12.8. The average molecular weight is 544 g/mol. The molecule has 1 heterocycles. The summed E-state index contributed by atoms with van der Waals surface area (Å²) in [5, 5.41) is 5.11. The van der Waals surface area contributed by atoms with Crippen molar-refractivity contribution in [2.75, 3.05) is 6.61 Å². The number of halogens is 2. The average Bonchev–Trinajstić information content (AvgIpc) is 3.16. The molecule has 33 heavy (non-hydrogen) atoms. The van der Waals surface area contributed by atoms with Gasteiger partial charge in [-0.15, -0.1) is 11.3 Å². The number of carbonyl (C=O) groups excluding carboxylic acids is 2. The molecule has 0 saturated heterocycles. The number of para-hydroxylation sites is 2. The molecular formula is C24H16BrClN2O4S. The number of hydrogen-bond acceptors (Lipinski definition) is 6. The molecule has 0 saturated carbocycles. The lowest BCUT2D eigenvalue weighted by Gasteiger charge is -2.07. The largest absolute Gasteiger partial charge is 0.483 e. The van der Waals surface area contributed by atoms with Gasteiger partial charge in [-0.1, -0.05) is 54.1 Å². The first kappa shape index (κ1) is 23.0. The van der Waals surface area contributed by atoms with E-state index < -0.39 is 11.9 Å². The van der Waals surface area contributed by atoms with E-state index in [0.29, 0.717) is 27.0 Å². The first-order chi connectivity index (χ1) is 16.0. The fourth-order valence-corrected chi connectivity index (χ4v) is 4.67. The number of hydrogen-bond donors (Lipinski definition) is 1. The predicted octanol–water partition coefficient (Wildman–Crippen LogP) is 6.07. The van der Waals surface area contributed by atoms with Crippen molar-refractivity contribution in [1.29, 1.82) is 0 Å². The Morgan fingerprint density at radius 3 is 2.48 bits per heavy atom. The van der Waals surface area contributed by atoms with Gasteiger partial charge < -0.3 is 9.47 Å². The molecule has 1 aromatic heterocycles. The van der Waals surface area contributed by atoms with Gasteiger partial charge in [-0.25, -0.2) is 10.2 Å². The summed E-state index contributed by atoms with van der Waals surface area (Å²) in [6, 6.07) is 21.6. The molecule has 0 aliphatic rings. The van der Waals surface area contributed by atoms with Crippen molar-refractivity contribution in [3.05, 3.63) is 92.7 Å². The second-order valence-corrected chi connectivity index (χ2v) is 8.97. The lowest BCUT2D eigenvalue weighted by atomic mass is 10.2. The predicted molar refractivity (Wildman–Crippen MR) is 134 cm³/mol. The fourth-order valence-electron chi connectivity index (χ4n) is 2.88. The first-order valence-corrected chi connectivity index (χ1v) is 11.7. The zero-order valence-electron chi connectivity index (χ0n) is 17.0. The van der Waals surface area contributed by atoms with E-state index in [1.807, 2.05) is 36.4 Å². The standard InChI is InChI=1S/C24H16BrClN2O4S/c25-17-9-3-5-11-19(17)31-14-21(29)28-27-13-15-7-1-4-10-18(15)32-24(30)23-22(26)16-8-2-6-12-20(16)33-23/h1-13H,14H2,(H,28,29). The third-order valence-electron chi connectivity index (χ3n) is 4.43. The molecule has 0 spiro atoms. The molecule has 9 heteroatoms. The van der Waals surface area contributed by atoms with Crippen LogP contribution < -0.4 is 14.9 Å². The van der Waals surface area contributed by atoms with E-state index in [4.69, 9.17) is 21.1 Å². The number of hydrazone groups is 1. The maximum atomic E-state index is 12.8. The van der Waals surface area contributed by atoms with E-state index in [9.17, 15) is 9.59 Å². The highest BCUT2D eigenvalue weighted by molar-refractivity contribution is 9.10. The van der Waals surface area contributed by atoms with Crippen LogP contribution in [0.5, 0.6) is 11.5 Å². The summed E-state index contributed by atoms with van der Waals surface area (Å²) in [6.07, 6.45) is 1.39. The van der Waals surface area contributed by atoms with Gasteiger partial charge in [0.1, 0.15) is 16.4 Å². The molecule has 0 aliphatic carbocycles. The summed E-state index contributed by atoms with van der Waals surface area (Å²) < 4.78 is 12.7. The maximum Gasteiger partial charge on any atom is 0.355 e. The summed E-state index contributed by atoms with van der Waals surface area (Å²) in [5.41, 5.74) is 2.90. The second-order valence-electron chi connectivity index (χ2n) is 6.68. The van der Waals surface area contributed by atoms with E-state index in [1.54, 1.807) is 36.4 Å². The molecule has 166 valence electrons. The summed E-state index contributed by atoms with van der Waals surface area (Å²) >= 11 is 11.0. The first-order valence-electron chi connectivity index (χ1n) is 9.70. The van der Waals surface area contributed by atoms with Gasteiger partial charge in [0.15, 0.2) is 6.61 Å². The van der Waals surface area contributed by atoms with Gasteiger partial charge in [0.25, 0.3) is 5.91 Å². The van der Waals surface area contributed by atoms with Crippen LogP contribution in [0.1, 0.15) is 15.2 Å². The Labute approximate surface area is 206 Å². The Bertz CT molecular complexity index is 1360. The fraction of sp³-hybridized carbons (Fsp3) is 0.0417. The highest BCUT2D eigenvalue weighted by Crippen LogP contribution is 2.36. The number of amides is 1. The number of benzene rings is 3. The monoisotopic (exact) mass is 542 g/mol. The zero-order chi connectivity index (χ0) is 23.2. The second kappa shape index (κ2) is 10.6. The van der Waals surface area contributed by atoms with Crippen molar-refractivity contribution >= 4 is 67.0 Å². The van der Waals surface area contributed by atoms with Crippen LogP contribution >= 0.6 is 38.9 Å². The molecule has 0 bridgehead atoms. The van der Waals surface area contributed by atoms with E-state index in [-0.39, 0.29) is 6.61 Å². The van der Waals surface area contributed by atoms with Crippen LogP contribution in [0, 0.1) is 0 Å². The van der Waals surface area contributed by atoms with Crippen molar-refractivity contribution in [2.24, 2.45) is 5.10 Å². The van der Waals surface area contributed by atoms with Gasteiger partial charge in [-0.3, -0.25) is 4.79 Å². The number of carbonyl (C=O) groups is 2. The Morgan fingerprint density at radius 1 is 1.00 bits per heavy atom. The number of thiophene rings is 1. The summed E-state index contributed by atoms with van der Waals surface area (Å²) in [4.78, 5) is 25.1. The number of fused-ring (bicyclic) bond motifs is 1. The summed E-state index contributed by atoms with van der Waals surface area (Å²) in [5.74, 6) is -0.159. The minimum atomic E-state index is -0.562. The van der Waals surface area contributed by atoms with Crippen molar-refractivity contribution in [3.63, 3.8) is 0 Å². The molecule has 1 N–H and O–H groups in total. The van der Waals surface area contributed by atoms with Crippen molar-refractivity contribution in [1.82, 2.24) is 5.43 Å². The Hall–Kier alpha value is -3.20. The highest BCUT2D eigenvalue weighted by atomic mass is 79.9. The highest BCUT2D eigenvalue weighted by Gasteiger charge is 2.19. The van der Waals surface area contributed by atoms with Gasteiger partial charge in [0.05, 0.1) is 15.7 Å². The van der Waals surface area contributed by atoms with Crippen LogP contribution in [0.3, 0.4) is 0 Å². The number of ether oxygens (including phenoxy) is 2. The molecular weight excluding hydrogens is 528 g/mol. The number of esters is 1. The smallest absolute Gasteiger partial charge is 0.355 e. The molecule has 4 aromatic rings. The Kier molecular flexibility index (Phi) is 7.39. The SMILES string of the molecule is O=C(COc1ccccc1Br)NN=Cc1ccccc1OC(=O)c1sc2ccccc2c1Cl. The zero-order valence-corrected chi connectivity index (χ0v) is 20.1. The quantitative estimate of drug-likeness (QED) is 0.133. The minimum absolute atomic E-state index is 0.207. The molecule has 4 rings (SSSR count). The van der Waals surface area contributed by atoms with E-state index >= 15 is 0 Å². The van der Waals surface area contributed by atoms with Crippen LogP contribution in [-0.4, -0.2) is 24.7 Å². The lowest BCUT2D eigenvalue weighted by Crippen LogP contribution is -2.24. The summed E-state index contributed by atoms with van der Waals surface area (Å²) in [7, 11) is 0. The van der Waals surface area contributed by atoms with Crippen molar-refractivity contribution in [2.45, 2.75) is 0 Å². The third-order valence-corrected chi connectivity index (χ3v) is 6.74. The molecule has 0 fully saturated rings. The Balaban J connectivity index is 1.40. The van der Waals surface area contributed by atoms with E-state index in [0.717, 1.165) is 14.6 Å². The van der Waals surface area contributed by atoms with Crippen molar-refractivity contribution < 1.29 is 19.1 Å². The van der Waals surface area contributed by atoms with E-state index in [2.05, 4.69) is 26.5 Å². The Morgan fingerprint density at radius 2 is 1.70 bits per heavy atom. The third kappa shape index (κ3) is 5.60. The minimum Gasteiger partial charge on any atom is -0.483 e. The number of rotatable bonds is 7. The number of nitrogens with one attached hydrogen (secondary N) is 1. The number of nitrogens with zero attached hydrogens (tertiary/aromatic N) is 1. The van der Waals surface area contributed by atoms with Gasteiger partial charge >= 0.3 is 5.97 Å². The molecule has 0 aliphatic heterocycles. The normalized spacial score (nSPS) is 11.0. The summed E-state index contributed by atoms with van der Waals surface area (Å²) in [6.45, 7) is -0.207. The van der Waals surface area contributed by atoms with Crippen LogP contribution in [-0.2, 0) is 4.79 Å². The molecule has 6 nitrogen and oxygen atoms in total. The lowest BCUT2D eigenvalue weighted by molar-refractivity contribution is -0.123. The molecule has 0 unspecified atom stereocenters. The van der Waals surface area contributed by atoms with E-state index in [1.165, 1.54) is 17.6 Å². The molecule has 1 amide bonds. The molecule has 0 atom stereocenters. The van der Waals surface area contributed by atoms with Crippen LogP contribution in [0.4, 0.5) is 0 Å². The van der Waals surface area contributed by atoms with Gasteiger partial charge in [0.2, 0.25) is 0 Å². The van der Waals surface area contributed by atoms with Crippen molar-refractivity contribution in [3.8, 4) is 11.5 Å². The van der Waals surface area contributed by atoms with Crippen LogP contribution in [0.15, 0.2) is 82.4 Å². The van der Waals surface area contributed by atoms with Gasteiger partial charge in [-0.2, -0.15) is 5.10 Å². The van der Waals surface area contributed by atoms with Crippen LogP contribution in [0.25, 0.3) is 10.1 Å². The molecule has 3 aromatic carbocycles. The van der Waals surface area contributed by atoms with Gasteiger partial charge in [0, 0.05) is 15.6 Å². The van der Waals surface area contributed by atoms with Gasteiger partial charge in [-0.05, 0) is 46.3 Å². The topological polar surface area (TPSA) is 77.0 Å². The molecule has 0 radical (unpaired) electrons.